The topological polar surface area (TPSA) is 117 Å². The first-order valence-electron chi connectivity index (χ1n) is 14.2. The molecule has 9 heteroatoms. The molecule has 5 atom stereocenters. The van der Waals surface area contributed by atoms with Gasteiger partial charge in [0, 0.05) is 25.4 Å². The van der Waals surface area contributed by atoms with Crippen LogP contribution in [0.4, 0.5) is 5.69 Å². The van der Waals surface area contributed by atoms with Crippen LogP contribution in [-0.2, 0) is 25.7 Å². The van der Waals surface area contributed by atoms with Crippen molar-refractivity contribution >= 4 is 23.4 Å². The Morgan fingerprint density at radius 1 is 1.02 bits per heavy atom. The first kappa shape index (κ1) is 28.1. The van der Waals surface area contributed by atoms with Gasteiger partial charge < -0.3 is 30.1 Å². The second-order valence-electron chi connectivity index (χ2n) is 11.3. The number of hydrogen-bond donors (Lipinski definition) is 3. The van der Waals surface area contributed by atoms with E-state index in [4.69, 9.17) is 14.6 Å². The van der Waals surface area contributed by atoms with Gasteiger partial charge >= 0.3 is 0 Å². The van der Waals surface area contributed by atoms with E-state index in [1.807, 2.05) is 37.3 Å². The van der Waals surface area contributed by atoms with Gasteiger partial charge in [0.1, 0.15) is 17.4 Å². The first-order chi connectivity index (χ1) is 19.3. The maximum Gasteiger partial charge on any atom is 0.250 e. The van der Waals surface area contributed by atoms with E-state index in [9.17, 15) is 14.4 Å². The van der Waals surface area contributed by atoms with Crippen LogP contribution in [0.25, 0.3) is 0 Å². The lowest BCUT2D eigenvalue weighted by Crippen LogP contribution is -2.53. The lowest BCUT2D eigenvalue weighted by Gasteiger charge is -2.33. The minimum atomic E-state index is -1.07. The molecule has 40 heavy (non-hydrogen) atoms. The molecule has 2 aromatic carbocycles. The van der Waals surface area contributed by atoms with E-state index in [0.29, 0.717) is 50.2 Å². The molecule has 0 saturated carbocycles. The Morgan fingerprint density at radius 3 is 2.45 bits per heavy atom. The maximum atomic E-state index is 14.1. The van der Waals surface area contributed by atoms with E-state index in [2.05, 4.69) is 10.6 Å². The summed E-state index contributed by atoms with van der Waals surface area (Å²) in [6.07, 6.45) is 4.19. The van der Waals surface area contributed by atoms with E-state index in [0.717, 1.165) is 18.4 Å². The van der Waals surface area contributed by atoms with Crippen LogP contribution in [0.3, 0.4) is 0 Å². The Labute approximate surface area is 235 Å². The van der Waals surface area contributed by atoms with Crippen LogP contribution >= 0.6 is 0 Å². The van der Waals surface area contributed by atoms with Crippen LogP contribution in [0.15, 0.2) is 54.6 Å². The monoisotopic (exact) mass is 549 g/mol. The minimum Gasteiger partial charge on any atom is -0.497 e. The molecule has 3 aliphatic heterocycles. The van der Waals surface area contributed by atoms with Crippen molar-refractivity contribution in [3.8, 4) is 5.75 Å². The third kappa shape index (κ3) is 5.08. The van der Waals surface area contributed by atoms with Crippen molar-refractivity contribution in [2.24, 2.45) is 11.8 Å². The van der Waals surface area contributed by atoms with Gasteiger partial charge in [-0.1, -0.05) is 43.2 Å². The number of nitrogens with one attached hydrogen (secondary N) is 2. The first-order valence-corrected chi connectivity index (χ1v) is 14.2. The molecule has 3 saturated heterocycles. The van der Waals surface area contributed by atoms with Crippen LogP contribution in [0.1, 0.15) is 51.0 Å². The Kier molecular flexibility index (Phi) is 8.14. The highest BCUT2D eigenvalue weighted by molar-refractivity contribution is 6.03. The number of anilines is 1. The number of aliphatic hydroxyl groups excluding tert-OH is 1. The number of likely N-dealkylation sites (tertiary alicyclic amines) is 1. The molecular formula is C31H39N3O6. The van der Waals surface area contributed by atoms with Crippen LogP contribution < -0.4 is 15.4 Å². The van der Waals surface area contributed by atoms with Crippen LogP contribution in [-0.4, -0.2) is 65.2 Å². The summed E-state index contributed by atoms with van der Waals surface area (Å²) in [4.78, 5) is 43.3. The zero-order valence-corrected chi connectivity index (χ0v) is 23.2. The molecule has 0 aliphatic carbocycles. The molecule has 2 unspecified atom stereocenters. The van der Waals surface area contributed by atoms with Crippen molar-refractivity contribution in [1.82, 2.24) is 10.2 Å². The Hall–Kier alpha value is -3.43. The van der Waals surface area contributed by atoms with Crippen molar-refractivity contribution in [2.45, 2.75) is 69.2 Å². The largest absolute Gasteiger partial charge is 0.497 e. The Bertz CT molecular complexity index is 1220. The minimum absolute atomic E-state index is 0.132. The number of ether oxygens (including phenoxy) is 2. The molecule has 214 valence electrons. The number of aliphatic hydroxyl groups is 1. The van der Waals surface area contributed by atoms with Gasteiger partial charge in [0.25, 0.3) is 0 Å². The normalized spacial score (nSPS) is 28.4. The summed E-state index contributed by atoms with van der Waals surface area (Å²) < 4.78 is 11.9. The molecule has 5 rings (SSSR count). The average molecular weight is 550 g/mol. The number of rotatable bonds is 12. The number of carbonyl (C=O) groups is 3. The van der Waals surface area contributed by atoms with Gasteiger partial charge in [0.15, 0.2) is 0 Å². The molecule has 3 amide bonds. The number of unbranched alkanes of at least 4 members (excludes halogenated alkanes) is 3. The summed E-state index contributed by atoms with van der Waals surface area (Å²) in [5, 5.41) is 15.1. The summed E-state index contributed by atoms with van der Waals surface area (Å²) in [6, 6.07) is 15.9. The predicted octanol–water partition coefficient (Wildman–Crippen LogP) is 3.27. The van der Waals surface area contributed by atoms with Crippen molar-refractivity contribution in [2.75, 3.05) is 25.6 Å². The molecule has 3 heterocycles. The lowest BCUT2D eigenvalue weighted by atomic mass is 9.66. The molecule has 3 fully saturated rings. The summed E-state index contributed by atoms with van der Waals surface area (Å²) in [5.74, 6) is -1.47. The van der Waals surface area contributed by atoms with Crippen LogP contribution in [0, 0.1) is 11.8 Å². The molecule has 3 aliphatic rings. The maximum absolute atomic E-state index is 14.1. The van der Waals surface area contributed by atoms with Gasteiger partial charge in [-0.15, -0.1) is 0 Å². The van der Waals surface area contributed by atoms with E-state index in [-0.39, 0.29) is 24.3 Å². The quantitative estimate of drug-likeness (QED) is 0.350. The second-order valence-corrected chi connectivity index (χ2v) is 11.3. The number of methoxy groups -OCH3 is 1. The lowest BCUT2D eigenvalue weighted by molar-refractivity contribution is -0.144. The molecule has 0 aromatic heterocycles. The highest BCUT2D eigenvalue weighted by Crippen LogP contribution is 2.63. The highest BCUT2D eigenvalue weighted by atomic mass is 16.5. The van der Waals surface area contributed by atoms with Gasteiger partial charge in [0.05, 0.1) is 24.5 Å². The standard InChI is InChI=1S/C31H39N3O6/c1-30-16-17-31(40-30)25(24(30)27(36)32-20-21-10-6-5-7-11-21)29(38)34(18-8-3-4-9-19-35)26(31)28(37)33-22-12-14-23(39-2)15-13-22/h5-7,10-15,24-26,35H,3-4,8-9,16-20H2,1-2H3,(H,32,36)(H,33,37)/t24-,25+,26?,30+,31?/m1/s1. The van der Waals surface area contributed by atoms with Gasteiger partial charge in [-0.2, -0.15) is 0 Å². The molecule has 2 bridgehead atoms. The summed E-state index contributed by atoms with van der Waals surface area (Å²) in [6.45, 7) is 2.78. The molecule has 1 spiro atoms. The van der Waals surface area contributed by atoms with E-state index < -0.39 is 29.1 Å². The zero-order valence-electron chi connectivity index (χ0n) is 23.2. The number of hydrogen-bond acceptors (Lipinski definition) is 6. The second kappa shape index (κ2) is 11.6. The summed E-state index contributed by atoms with van der Waals surface area (Å²) >= 11 is 0. The number of fused-ring (bicyclic) bond motifs is 1. The van der Waals surface area contributed by atoms with Crippen LogP contribution in [0.5, 0.6) is 5.75 Å². The fourth-order valence-corrected chi connectivity index (χ4v) is 6.90. The highest BCUT2D eigenvalue weighted by Gasteiger charge is 2.77. The smallest absolute Gasteiger partial charge is 0.250 e. The van der Waals surface area contributed by atoms with Crippen molar-refractivity contribution < 1.29 is 29.0 Å². The van der Waals surface area contributed by atoms with Gasteiger partial charge in [-0.25, -0.2) is 0 Å². The van der Waals surface area contributed by atoms with E-state index >= 15 is 0 Å². The number of nitrogens with zero attached hydrogens (tertiary/aromatic N) is 1. The van der Waals surface area contributed by atoms with E-state index in [1.165, 1.54) is 0 Å². The van der Waals surface area contributed by atoms with Crippen molar-refractivity contribution in [3.05, 3.63) is 60.2 Å². The van der Waals surface area contributed by atoms with Gasteiger partial charge in [-0.3, -0.25) is 14.4 Å². The van der Waals surface area contributed by atoms with E-state index in [1.54, 1.807) is 36.3 Å². The number of carbonyl (C=O) groups excluding carboxylic acids is 3. The molecule has 0 radical (unpaired) electrons. The zero-order chi connectivity index (χ0) is 28.3. The average Bonchev–Trinajstić information content (AvgIpc) is 3.53. The predicted molar refractivity (Wildman–Crippen MR) is 149 cm³/mol. The molecule has 3 N–H and O–H groups in total. The number of benzene rings is 2. The number of amides is 3. The van der Waals surface area contributed by atoms with Crippen molar-refractivity contribution in [1.29, 1.82) is 0 Å². The fourth-order valence-electron chi connectivity index (χ4n) is 6.90. The Balaban J connectivity index is 1.40. The summed E-state index contributed by atoms with van der Waals surface area (Å²) in [7, 11) is 1.58. The van der Waals surface area contributed by atoms with Crippen molar-refractivity contribution in [3.63, 3.8) is 0 Å². The SMILES string of the molecule is COc1ccc(NC(=O)C2N(CCCCCCO)C(=O)[C@@H]3[C@H](C(=O)NCc4ccccc4)[C@]4(C)CCC23O4)cc1. The third-order valence-corrected chi connectivity index (χ3v) is 8.78. The van der Waals surface area contributed by atoms with Gasteiger partial charge in [-0.05, 0) is 62.4 Å². The fraction of sp³-hybridized carbons (Fsp3) is 0.516. The van der Waals surface area contributed by atoms with Gasteiger partial charge in [0.2, 0.25) is 17.7 Å². The molecule has 9 nitrogen and oxygen atoms in total. The Morgan fingerprint density at radius 2 is 1.75 bits per heavy atom. The molecular weight excluding hydrogens is 510 g/mol. The third-order valence-electron chi connectivity index (χ3n) is 8.78. The molecule has 2 aromatic rings. The summed E-state index contributed by atoms with van der Waals surface area (Å²) in [5.41, 5.74) is -0.328. The van der Waals surface area contributed by atoms with Crippen LogP contribution in [0.2, 0.25) is 0 Å².